The molecule has 0 atom stereocenters. The minimum absolute atomic E-state index is 0.107. The molecule has 1 rings (SSSR count). The summed E-state index contributed by atoms with van der Waals surface area (Å²) >= 11 is 2.92. The number of rotatable bonds is 2. The zero-order valence-electron chi connectivity index (χ0n) is 8.62. The van der Waals surface area contributed by atoms with E-state index in [4.69, 9.17) is 10.5 Å². The van der Waals surface area contributed by atoms with Gasteiger partial charge in [0.1, 0.15) is 0 Å². The second-order valence-corrected chi connectivity index (χ2v) is 4.10. The minimum atomic E-state index is -4.59. The Labute approximate surface area is 109 Å². The van der Waals surface area contributed by atoms with Gasteiger partial charge in [-0.1, -0.05) is 15.9 Å². The average Bonchev–Trinajstić information content (AvgIpc) is 2.29. The first-order chi connectivity index (χ1) is 8.31. The molecule has 0 saturated carbocycles. The van der Waals surface area contributed by atoms with Crippen molar-refractivity contribution < 1.29 is 18.0 Å². The molecule has 0 N–H and O–H groups in total. The minimum Gasteiger partial charge on any atom is -0.291 e. The van der Waals surface area contributed by atoms with E-state index >= 15 is 0 Å². The fourth-order valence-electron chi connectivity index (χ4n) is 1.19. The Morgan fingerprint density at radius 3 is 2.28 bits per heavy atom. The summed E-state index contributed by atoms with van der Waals surface area (Å²) in [6, 6.07) is 5.32. The Morgan fingerprint density at radius 1 is 1.28 bits per heavy atom. The fraction of sp³-hybridized carbons (Fsp3) is 0.182. The van der Waals surface area contributed by atoms with E-state index in [1.807, 2.05) is 0 Å². The molecule has 0 aliphatic rings. The molecule has 92 valence electrons. The number of benzene rings is 1. The maximum absolute atomic E-state index is 12.5. The number of ketones is 1. The van der Waals surface area contributed by atoms with Crippen LogP contribution >= 0.6 is 15.9 Å². The van der Waals surface area contributed by atoms with Gasteiger partial charge >= 0.3 is 6.18 Å². The van der Waals surface area contributed by atoms with Crippen molar-refractivity contribution in [2.24, 2.45) is 5.92 Å². The second kappa shape index (κ2) is 5.19. The zero-order chi connectivity index (χ0) is 13.9. The van der Waals surface area contributed by atoms with Crippen LogP contribution in [0.4, 0.5) is 13.2 Å². The highest BCUT2D eigenvalue weighted by Crippen LogP contribution is 2.32. The van der Waals surface area contributed by atoms with Crippen molar-refractivity contribution in [3.05, 3.63) is 33.8 Å². The molecule has 0 aromatic heterocycles. The van der Waals surface area contributed by atoms with Gasteiger partial charge in [0.25, 0.3) is 0 Å². The maximum atomic E-state index is 12.5. The van der Waals surface area contributed by atoms with Crippen molar-refractivity contribution in [2.45, 2.75) is 6.18 Å². The molecular weight excluding hydrogens is 313 g/mol. The van der Waals surface area contributed by atoms with Gasteiger partial charge in [-0.2, -0.15) is 23.7 Å². The first-order valence-electron chi connectivity index (χ1n) is 4.51. The van der Waals surface area contributed by atoms with Crippen LogP contribution in [0.5, 0.6) is 0 Å². The Hall–Kier alpha value is -1.86. The molecule has 3 nitrogen and oxygen atoms in total. The van der Waals surface area contributed by atoms with Gasteiger partial charge in [0, 0.05) is 10.0 Å². The molecule has 1 aromatic rings. The van der Waals surface area contributed by atoms with Crippen LogP contribution in [0.1, 0.15) is 15.9 Å². The first kappa shape index (κ1) is 14.2. The molecule has 0 saturated heterocycles. The van der Waals surface area contributed by atoms with Gasteiger partial charge in [-0.3, -0.25) is 4.79 Å². The molecule has 0 radical (unpaired) electrons. The number of hydrogen-bond acceptors (Lipinski definition) is 3. The van der Waals surface area contributed by atoms with E-state index in [9.17, 15) is 18.0 Å². The lowest BCUT2D eigenvalue weighted by Crippen LogP contribution is -2.14. The van der Waals surface area contributed by atoms with Crippen molar-refractivity contribution in [2.75, 3.05) is 0 Å². The summed E-state index contributed by atoms with van der Waals surface area (Å²) in [6.45, 7) is 0. The summed E-state index contributed by atoms with van der Waals surface area (Å²) in [7, 11) is 0. The lowest BCUT2D eigenvalue weighted by atomic mass is 9.98. The van der Waals surface area contributed by atoms with Gasteiger partial charge in [-0.05, 0) is 18.2 Å². The van der Waals surface area contributed by atoms with Gasteiger partial charge in [-0.25, -0.2) is 0 Å². The number of nitrogens with zero attached hydrogens (tertiary/aromatic N) is 2. The number of carbonyl (C=O) groups is 1. The smallest absolute Gasteiger partial charge is 0.291 e. The summed E-state index contributed by atoms with van der Waals surface area (Å²) in [4.78, 5) is 11.7. The highest BCUT2D eigenvalue weighted by atomic mass is 79.9. The summed E-state index contributed by atoms with van der Waals surface area (Å²) in [6.07, 6.45) is -4.59. The Bertz CT molecular complexity index is 555. The van der Waals surface area contributed by atoms with Crippen molar-refractivity contribution in [1.29, 1.82) is 10.5 Å². The van der Waals surface area contributed by atoms with Crippen LogP contribution in [0.2, 0.25) is 0 Å². The van der Waals surface area contributed by atoms with Crippen LogP contribution in [0, 0.1) is 28.6 Å². The third-order valence-electron chi connectivity index (χ3n) is 2.08. The van der Waals surface area contributed by atoms with Crippen LogP contribution in [0.25, 0.3) is 0 Å². The van der Waals surface area contributed by atoms with Crippen LogP contribution in [0.15, 0.2) is 22.7 Å². The molecule has 18 heavy (non-hydrogen) atoms. The highest BCUT2D eigenvalue weighted by molar-refractivity contribution is 9.10. The molecule has 0 unspecified atom stereocenters. The number of carbonyl (C=O) groups excluding carboxylic acids is 1. The van der Waals surface area contributed by atoms with E-state index in [0.29, 0.717) is 6.07 Å². The maximum Gasteiger partial charge on any atom is 0.416 e. The van der Waals surface area contributed by atoms with Crippen molar-refractivity contribution in [3.8, 4) is 12.1 Å². The SMILES string of the molecule is N#CC(C#N)C(=O)c1cc(C(F)(F)F)ccc1Br. The van der Waals surface area contributed by atoms with E-state index in [2.05, 4.69) is 15.9 Å². The summed E-state index contributed by atoms with van der Waals surface area (Å²) in [5.74, 6) is -2.58. The summed E-state index contributed by atoms with van der Waals surface area (Å²) < 4.78 is 37.5. The van der Waals surface area contributed by atoms with Gasteiger partial charge < -0.3 is 0 Å². The van der Waals surface area contributed by atoms with Gasteiger partial charge in [0.05, 0.1) is 17.7 Å². The van der Waals surface area contributed by atoms with E-state index in [-0.39, 0.29) is 10.0 Å². The lowest BCUT2D eigenvalue weighted by Gasteiger charge is -2.10. The molecule has 0 spiro atoms. The number of hydrogen-bond donors (Lipinski definition) is 0. The Balaban J connectivity index is 3.30. The normalized spacial score (nSPS) is 10.8. The number of Topliss-reactive ketones (excluding diaryl/α,β-unsaturated/α-hetero) is 1. The lowest BCUT2D eigenvalue weighted by molar-refractivity contribution is -0.137. The van der Waals surface area contributed by atoms with Gasteiger partial charge in [0.15, 0.2) is 11.7 Å². The number of halogens is 4. The quantitative estimate of drug-likeness (QED) is 0.786. The molecule has 0 fully saturated rings. The molecule has 0 aliphatic heterocycles. The molecule has 0 bridgehead atoms. The second-order valence-electron chi connectivity index (χ2n) is 3.25. The van der Waals surface area contributed by atoms with Gasteiger partial charge in [0.2, 0.25) is 0 Å². The van der Waals surface area contributed by atoms with Crippen LogP contribution < -0.4 is 0 Å². The molecule has 0 aliphatic carbocycles. The topological polar surface area (TPSA) is 64.7 Å². The largest absolute Gasteiger partial charge is 0.416 e. The predicted molar refractivity (Wildman–Crippen MR) is 58.2 cm³/mol. The number of alkyl halides is 3. The third kappa shape index (κ3) is 2.88. The van der Waals surface area contributed by atoms with Crippen molar-refractivity contribution in [3.63, 3.8) is 0 Å². The molecular formula is C11H4BrF3N2O. The first-order valence-corrected chi connectivity index (χ1v) is 5.30. The molecule has 7 heteroatoms. The van der Waals surface area contributed by atoms with E-state index < -0.39 is 23.4 Å². The average molecular weight is 317 g/mol. The third-order valence-corrected chi connectivity index (χ3v) is 2.77. The summed E-state index contributed by atoms with van der Waals surface area (Å²) in [5.41, 5.74) is -1.35. The fourth-order valence-corrected chi connectivity index (χ4v) is 1.63. The number of nitriles is 2. The van der Waals surface area contributed by atoms with Gasteiger partial charge in [-0.15, -0.1) is 0 Å². The summed E-state index contributed by atoms with van der Waals surface area (Å²) in [5, 5.41) is 17.1. The van der Waals surface area contributed by atoms with E-state index in [1.54, 1.807) is 0 Å². The van der Waals surface area contributed by atoms with E-state index in [0.717, 1.165) is 12.1 Å². The molecule has 1 aromatic carbocycles. The Kier molecular flexibility index (Phi) is 4.10. The molecule has 0 amide bonds. The predicted octanol–water partition coefficient (Wildman–Crippen LogP) is 3.31. The van der Waals surface area contributed by atoms with Crippen LogP contribution in [-0.4, -0.2) is 5.78 Å². The zero-order valence-corrected chi connectivity index (χ0v) is 10.2. The van der Waals surface area contributed by atoms with Crippen molar-refractivity contribution in [1.82, 2.24) is 0 Å². The highest BCUT2D eigenvalue weighted by Gasteiger charge is 2.32. The Morgan fingerprint density at radius 2 is 1.83 bits per heavy atom. The van der Waals surface area contributed by atoms with Crippen LogP contribution in [0.3, 0.4) is 0 Å². The van der Waals surface area contributed by atoms with Crippen molar-refractivity contribution >= 4 is 21.7 Å². The van der Waals surface area contributed by atoms with E-state index in [1.165, 1.54) is 12.1 Å². The standard InChI is InChI=1S/C11H4BrF3N2O/c12-9-2-1-7(11(13,14)15)3-8(9)10(18)6(4-16)5-17/h1-3,6H. The monoisotopic (exact) mass is 316 g/mol. The molecule has 0 heterocycles. The van der Waals surface area contributed by atoms with Crippen LogP contribution in [-0.2, 0) is 6.18 Å².